The number of carbonyl (C=O) groups is 1. The van der Waals surface area contributed by atoms with Gasteiger partial charge in [0.15, 0.2) is 5.15 Å². The Kier molecular flexibility index (Phi) is 6.24. The van der Waals surface area contributed by atoms with Crippen LogP contribution in [0.2, 0.25) is 5.15 Å². The van der Waals surface area contributed by atoms with Gasteiger partial charge >= 0.3 is 6.09 Å². The fourth-order valence-electron chi connectivity index (χ4n) is 2.97. The molecule has 0 bridgehead atoms. The molecule has 0 aliphatic rings. The summed E-state index contributed by atoms with van der Waals surface area (Å²) in [5, 5.41) is 0.0213. The van der Waals surface area contributed by atoms with Gasteiger partial charge in [-0.05, 0) is 41.3 Å². The van der Waals surface area contributed by atoms with Crippen molar-refractivity contribution in [3.05, 3.63) is 71.5 Å². The van der Waals surface area contributed by atoms with Crippen LogP contribution in [-0.4, -0.2) is 19.5 Å². The zero-order chi connectivity index (χ0) is 22.8. The van der Waals surface area contributed by atoms with Gasteiger partial charge in [0.05, 0.1) is 10.6 Å². The number of nitrogens with one attached hydrogen (secondary N) is 1. The number of hydrogen-bond donors (Lipinski definition) is 2. The molecule has 0 radical (unpaired) electrons. The van der Waals surface area contributed by atoms with Gasteiger partial charge in [-0.1, -0.05) is 56.6 Å². The molecule has 1 aromatic heterocycles. The monoisotopic (exact) mass is 459 g/mol. The molecule has 1 amide bonds. The van der Waals surface area contributed by atoms with E-state index in [4.69, 9.17) is 22.1 Å². The van der Waals surface area contributed by atoms with Crippen molar-refractivity contribution in [2.45, 2.75) is 31.1 Å². The summed E-state index contributed by atoms with van der Waals surface area (Å²) < 4.78 is 33.0. The van der Waals surface area contributed by atoms with Gasteiger partial charge in [0.1, 0.15) is 5.75 Å². The molecule has 3 aromatic rings. The highest BCUT2D eigenvalue weighted by atomic mass is 35.5. The second-order valence-corrected chi connectivity index (χ2v) is 9.90. The SMILES string of the molecule is CC(C)(C)c1cc(-c2cnc(Cl)c(NS(=O)(=O)c3ccccc3)c2)ccc1OC(N)=O. The summed E-state index contributed by atoms with van der Waals surface area (Å²) in [6, 6.07) is 14.8. The number of nitrogens with two attached hydrogens (primary N) is 1. The molecule has 0 saturated heterocycles. The topological polar surface area (TPSA) is 111 Å². The maximum Gasteiger partial charge on any atom is 0.409 e. The number of rotatable bonds is 5. The van der Waals surface area contributed by atoms with E-state index in [1.807, 2.05) is 26.8 Å². The first kappa shape index (κ1) is 22.6. The number of anilines is 1. The van der Waals surface area contributed by atoms with Crippen molar-refractivity contribution in [1.82, 2.24) is 4.98 Å². The van der Waals surface area contributed by atoms with Crippen molar-refractivity contribution in [3.63, 3.8) is 0 Å². The first-order valence-electron chi connectivity index (χ1n) is 9.33. The highest BCUT2D eigenvalue weighted by Crippen LogP contribution is 2.36. The van der Waals surface area contributed by atoms with Crippen LogP contribution in [0.25, 0.3) is 11.1 Å². The minimum atomic E-state index is -3.83. The van der Waals surface area contributed by atoms with Crippen LogP contribution in [0, 0.1) is 0 Å². The Labute approximate surface area is 186 Å². The molecule has 9 heteroatoms. The lowest BCUT2D eigenvalue weighted by molar-refractivity contribution is 0.210. The number of amides is 1. The van der Waals surface area contributed by atoms with Crippen LogP contribution in [0.5, 0.6) is 5.75 Å². The molecule has 31 heavy (non-hydrogen) atoms. The summed E-state index contributed by atoms with van der Waals surface area (Å²) in [7, 11) is -3.83. The summed E-state index contributed by atoms with van der Waals surface area (Å²) in [5.74, 6) is 0.357. The lowest BCUT2D eigenvalue weighted by atomic mass is 9.84. The molecule has 0 aliphatic heterocycles. The summed E-state index contributed by atoms with van der Waals surface area (Å²) in [6.07, 6.45) is 0.642. The minimum Gasteiger partial charge on any atom is -0.410 e. The van der Waals surface area contributed by atoms with Crippen LogP contribution < -0.4 is 15.2 Å². The number of primary amides is 1. The van der Waals surface area contributed by atoms with Crippen molar-refractivity contribution in [3.8, 4) is 16.9 Å². The number of sulfonamides is 1. The molecule has 0 spiro atoms. The third-order valence-corrected chi connectivity index (χ3v) is 6.15. The predicted molar refractivity (Wildman–Crippen MR) is 121 cm³/mol. The molecule has 0 aliphatic carbocycles. The Morgan fingerprint density at radius 1 is 1.06 bits per heavy atom. The van der Waals surface area contributed by atoms with Crippen LogP contribution in [0.3, 0.4) is 0 Å². The highest BCUT2D eigenvalue weighted by Gasteiger charge is 2.22. The summed E-state index contributed by atoms with van der Waals surface area (Å²) >= 11 is 6.15. The van der Waals surface area contributed by atoms with Crippen molar-refractivity contribution < 1.29 is 17.9 Å². The lowest BCUT2D eigenvalue weighted by Crippen LogP contribution is -2.20. The van der Waals surface area contributed by atoms with Gasteiger partial charge < -0.3 is 10.5 Å². The summed E-state index contributed by atoms with van der Waals surface area (Å²) in [6.45, 7) is 5.92. The van der Waals surface area contributed by atoms with Crippen LogP contribution >= 0.6 is 11.6 Å². The van der Waals surface area contributed by atoms with Crippen LogP contribution in [0.15, 0.2) is 65.7 Å². The van der Waals surface area contributed by atoms with E-state index >= 15 is 0 Å². The van der Waals surface area contributed by atoms with Crippen LogP contribution in [0.1, 0.15) is 26.3 Å². The Morgan fingerprint density at radius 2 is 1.74 bits per heavy atom. The fourth-order valence-corrected chi connectivity index (χ4v) is 4.26. The number of ether oxygens (including phenoxy) is 1. The molecule has 3 rings (SSSR count). The number of benzene rings is 2. The molecule has 3 N–H and O–H groups in total. The van der Waals surface area contributed by atoms with Crippen molar-refractivity contribution >= 4 is 33.4 Å². The van der Waals surface area contributed by atoms with Crippen LogP contribution in [-0.2, 0) is 15.4 Å². The Morgan fingerprint density at radius 3 is 2.35 bits per heavy atom. The Balaban J connectivity index is 2.02. The molecule has 2 aromatic carbocycles. The third-order valence-electron chi connectivity index (χ3n) is 4.47. The molecule has 7 nitrogen and oxygen atoms in total. The van der Waals surface area contributed by atoms with E-state index in [9.17, 15) is 13.2 Å². The highest BCUT2D eigenvalue weighted by molar-refractivity contribution is 7.92. The number of nitrogens with zero attached hydrogens (tertiary/aromatic N) is 1. The van der Waals surface area contributed by atoms with Gasteiger partial charge in [0, 0.05) is 17.3 Å². The zero-order valence-corrected chi connectivity index (χ0v) is 18.8. The molecule has 0 fully saturated rings. The van der Waals surface area contributed by atoms with Gasteiger partial charge in [-0.15, -0.1) is 0 Å². The average Bonchev–Trinajstić information content (AvgIpc) is 2.69. The van der Waals surface area contributed by atoms with E-state index in [0.29, 0.717) is 11.3 Å². The molecule has 1 heterocycles. The molecular weight excluding hydrogens is 438 g/mol. The molecule has 0 atom stereocenters. The zero-order valence-electron chi connectivity index (χ0n) is 17.2. The molecular formula is C22H22ClN3O4S. The van der Waals surface area contributed by atoms with Crippen molar-refractivity contribution in [1.29, 1.82) is 0 Å². The lowest BCUT2D eigenvalue weighted by Gasteiger charge is -2.23. The first-order valence-corrected chi connectivity index (χ1v) is 11.2. The Bertz CT molecular complexity index is 1220. The number of hydrogen-bond acceptors (Lipinski definition) is 5. The number of carbonyl (C=O) groups excluding carboxylic acids is 1. The Hall–Kier alpha value is -3.10. The number of pyridine rings is 1. The van der Waals surface area contributed by atoms with E-state index < -0.39 is 16.1 Å². The first-order chi connectivity index (χ1) is 14.5. The molecule has 162 valence electrons. The van der Waals surface area contributed by atoms with E-state index in [1.165, 1.54) is 12.1 Å². The third kappa shape index (κ3) is 5.34. The van der Waals surface area contributed by atoms with E-state index in [0.717, 1.165) is 11.1 Å². The summed E-state index contributed by atoms with van der Waals surface area (Å²) in [5.41, 5.74) is 7.11. The smallest absolute Gasteiger partial charge is 0.409 e. The fraction of sp³-hybridized carbons (Fsp3) is 0.182. The van der Waals surface area contributed by atoms with Crippen molar-refractivity contribution in [2.75, 3.05) is 4.72 Å². The van der Waals surface area contributed by atoms with Gasteiger partial charge in [0.2, 0.25) is 0 Å². The standard InChI is InChI=1S/C22H22ClN3O4S/c1-22(2,3)17-11-14(9-10-19(17)30-21(24)27)15-12-18(20(23)25-13-15)26-31(28,29)16-7-5-4-6-8-16/h4-13,26H,1-3H3,(H2,24,27). The number of halogens is 1. The van der Waals surface area contributed by atoms with Gasteiger partial charge in [-0.25, -0.2) is 18.2 Å². The quantitative estimate of drug-likeness (QED) is 0.524. The minimum absolute atomic E-state index is 0.0213. The predicted octanol–water partition coefficient (Wildman–Crippen LogP) is 4.96. The van der Waals surface area contributed by atoms with E-state index in [2.05, 4.69) is 9.71 Å². The second kappa shape index (κ2) is 8.56. The summed E-state index contributed by atoms with van der Waals surface area (Å²) in [4.78, 5) is 15.5. The van der Waals surface area contributed by atoms with Crippen molar-refractivity contribution in [2.24, 2.45) is 5.73 Å². The van der Waals surface area contributed by atoms with E-state index in [1.54, 1.807) is 42.6 Å². The normalized spacial score (nSPS) is 11.7. The van der Waals surface area contributed by atoms with E-state index in [-0.39, 0.29) is 21.2 Å². The van der Waals surface area contributed by atoms with Crippen LogP contribution in [0.4, 0.5) is 10.5 Å². The van der Waals surface area contributed by atoms with Gasteiger partial charge in [0.25, 0.3) is 10.0 Å². The number of aromatic nitrogens is 1. The largest absolute Gasteiger partial charge is 0.410 e. The molecule has 0 unspecified atom stereocenters. The maximum atomic E-state index is 12.7. The van der Waals surface area contributed by atoms with Gasteiger partial charge in [-0.3, -0.25) is 4.72 Å². The van der Waals surface area contributed by atoms with Gasteiger partial charge in [-0.2, -0.15) is 0 Å². The average molecular weight is 460 g/mol. The molecule has 0 saturated carbocycles. The maximum absolute atomic E-state index is 12.7. The second-order valence-electron chi connectivity index (χ2n) is 7.86.